The molecule has 0 bridgehead atoms. The lowest BCUT2D eigenvalue weighted by molar-refractivity contribution is -0.387. The molecule has 0 radical (unpaired) electrons. The van der Waals surface area contributed by atoms with Gasteiger partial charge in [0, 0.05) is 6.54 Å². The number of amides is 1. The van der Waals surface area contributed by atoms with E-state index in [0.717, 1.165) is 18.8 Å². The van der Waals surface area contributed by atoms with Gasteiger partial charge < -0.3 is 5.32 Å². The molecule has 1 amide bonds. The maximum absolute atomic E-state index is 13.6. The van der Waals surface area contributed by atoms with E-state index in [9.17, 15) is 23.7 Å². The molecular weight excluding hydrogens is 270 g/mol. The minimum atomic E-state index is -1.22. The first-order valence-electron chi connectivity index (χ1n) is 6.40. The van der Waals surface area contributed by atoms with Gasteiger partial charge in [-0.05, 0) is 24.8 Å². The predicted octanol–water partition coefficient (Wildman–Crippen LogP) is 2.79. The van der Waals surface area contributed by atoms with E-state index < -0.39 is 33.7 Å². The van der Waals surface area contributed by atoms with Crippen molar-refractivity contribution >= 4 is 11.6 Å². The zero-order valence-corrected chi connectivity index (χ0v) is 10.7. The van der Waals surface area contributed by atoms with Gasteiger partial charge in [0.25, 0.3) is 5.91 Å². The van der Waals surface area contributed by atoms with Crippen molar-refractivity contribution < 1.29 is 18.5 Å². The molecule has 1 aromatic carbocycles. The molecule has 0 spiro atoms. The summed E-state index contributed by atoms with van der Waals surface area (Å²) in [5, 5.41) is 12.9. The first-order chi connectivity index (χ1) is 9.49. The van der Waals surface area contributed by atoms with Gasteiger partial charge >= 0.3 is 5.69 Å². The van der Waals surface area contributed by atoms with Gasteiger partial charge in [-0.1, -0.05) is 12.8 Å². The quantitative estimate of drug-likeness (QED) is 0.496. The molecule has 1 aliphatic rings. The smallest absolute Gasteiger partial charge is 0.307 e. The van der Waals surface area contributed by atoms with E-state index in [2.05, 4.69) is 5.32 Å². The monoisotopic (exact) mass is 284 g/mol. The van der Waals surface area contributed by atoms with Gasteiger partial charge in [0.2, 0.25) is 5.82 Å². The summed E-state index contributed by atoms with van der Waals surface area (Å²) in [5.74, 6) is -2.34. The number of hydrogen-bond acceptors (Lipinski definition) is 3. The molecule has 1 fully saturated rings. The molecule has 108 valence electrons. The predicted molar refractivity (Wildman–Crippen MR) is 67.3 cm³/mol. The average molecular weight is 284 g/mol. The van der Waals surface area contributed by atoms with Gasteiger partial charge in [-0.3, -0.25) is 14.9 Å². The normalized spacial score (nSPS) is 14.1. The van der Waals surface area contributed by atoms with E-state index in [1.54, 1.807) is 0 Å². The second-order valence-electron chi connectivity index (χ2n) is 4.88. The molecule has 1 aliphatic carbocycles. The summed E-state index contributed by atoms with van der Waals surface area (Å²) in [6.45, 7) is 0.382. The van der Waals surface area contributed by atoms with Crippen LogP contribution in [0.4, 0.5) is 14.5 Å². The standard InChI is InChI=1S/C13H14F2N2O3/c14-10-7-12(17(19)20)11(15)6-9(10)13(18)16-5-1-2-8-3-4-8/h6-8H,1-5H2,(H,16,18). The van der Waals surface area contributed by atoms with Crippen LogP contribution in [-0.2, 0) is 0 Å². The third-order valence-corrected chi connectivity index (χ3v) is 3.25. The highest BCUT2D eigenvalue weighted by molar-refractivity contribution is 5.94. The number of nitro benzene ring substituents is 1. The van der Waals surface area contributed by atoms with Crippen LogP contribution in [0, 0.1) is 27.7 Å². The number of nitrogens with zero attached hydrogens (tertiary/aromatic N) is 1. The highest BCUT2D eigenvalue weighted by Crippen LogP contribution is 2.33. The Bertz CT molecular complexity index is 545. The minimum absolute atomic E-state index is 0.382. The fourth-order valence-corrected chi connectivity index (χ4v) is 1.94. The molecule has 2 rings (SSSR count). The van der Waals surface area contributed by atoms with Gasteiger partial charge in [0.15, 0.2) is 0 Å². The molecule has 0 saturated heterocycles. The van der Waals surface area contributed by atoms with E-state index in [1.807, 2.05) is 0 Å². The highest BCUT2D eigenvalue weighted by Gasteiger charge is 2.22. The Labute approximate surface area is 114 Å². The zero-order chi connectivity index (χ0) is 14.7. The largest absolute Gasteiger partial charge is 0.352 e. The molecule has 0 aliphatic heterocycles. The summed E-state index contributed by atoms with van der Waals surface area (Å²) in [6.07, 6.45) is 4.23. The number of hydrogen-bond donors (Lipinski definition) is 1. The lowest BCUT2D eigenvalue weighted by Crippen LogP contribution is -2.25. The fraction of sp³-hybridized carbons (Fsp3) is 0.462. The van der Waals surface area contributed by atoms with Crippen molar-refractivity contribution in [1.29, 1.82) is 0 Å². The molecule has 0 unspecified atom stereocenters. The molecule has 5 nitrogen and oxygen atoms in total. The summed E-state index contributed by atoms with van der Waals surface area (Å²) in [4.78, 5) is 21.1. The van der Waals surface area contributed by atoms with Crippen LogP contribution in [0.3, 0.4) is 0 Å². The van der Waals surface area contributed by atoms with Gasteiger partial charge in [-0.2, -0.15) is 4.39 Å². The average Bonchev–Trinajstić information content (AvgIpc) is 3.20. The molecule has 7 heteroatoms. The Morgan fingerprint density at radius 3 is 2.65 bits per heavy atom. The van der Waals surface area contributed by atoms with Gasteiger partial charge in [0.05, 0.1) is 16.6 Å². The Hall–Kier alpha value is -2.05. The van der Waals surface area contributed by atoms with Crippen molar-refractivity contribution in [2.45, 2.75) is 25.7 Å². The molecule has 0 aromatic heterocycles. The second-order valence-corrected chi connectivity index (χ2v) is 4.88. The molecule has 1 N–H and O–H groups in total. The van der Waals surface area contributed by atoms with Crippen molar-refractivity contribution in [1.82, 2.24) is 5.32 Å². The number of benzene rings is 1. The molecular formula is C13H14F2N2O3. The van der Waals surface area contributed by atoms with E-state index in [0.29, 0.717) is 18.7 Å². The van der Waals surface area contributed by atoms with Crippen LogP contribution in [0.15, 0.2) is 12.1 Å². The zero-order valence-electron chi connectivity index (χ0n) is 10.7. The van der Waals surface area contributed by atoms with Crippen molar-refractivity contribution in [3.63, 3.8) is 0 Å². The molecule has 0 atom stereocenters. The van der Waals surface area contributed by atoms with Crippen LogP contribution in [0.25, 0.3) is 0 Å². The van der Waals surface area contributed by atoms with E-state index in [-0.39, 0.29) is 0 Å². The Balaban J connectivity index is 1.97. The van der Waals surface area contributed by atoms with E-state index >= 15 is 0 Å². The van der Waals surface area contributed by atoms with Crippen molar-refractivity contribution in [3.05, 3.63) is 39.4 Å². The van der Waals surface area contributed by atoms with Crippen molar-refractivity contribution in [3.8, 4) is 0 Å². The summed E-state index contributed by atoms with van der Waals surface area (Å²) < 4.78 is 26.9. The van der Waals surface area contributed by atoms with Crippen LogP contribution in [0.5, 0.6) is 0 Å². The van der Waals surface area contributed by atoms with Crippen LogP contribution >= 0.6 is 0 Å². The number of carbonyl (C=O) groups excluding carboxylic acids is 1. The number of nitrogens with one attached hydrogen (secondary N) is 1. The van der Waals surface area contributed by atoms with Gasteiger partial charge in [0.1, 0.15) is 5.82 Å². The number of carbonyl (C=O) groups is 1. The summed E-state index contributed by atoms with van der Waals surface area (Å²) >= 11 is 0. The first-order valence-corrected chi connectivity index (χ1v) is 6.40. The Kier molecular flexibility index (Phi) is 4.26. The van der Waals surface area contributed by atoms with Crippen LogP contribution in [-0.4, -0.2) is 17.4 Å². The maximum atomic E-state index is 13.6. The molecule has 1 aromatic rings. The first kappa shape index (κ1) is 14.4. The number of nitro groups is 1. The summed E-state index contributed by atoms with van der Waals surface area (Å²) in [7, 11) is 0. The number of halogens is 2. The third kappa shape index (κ3) is 3.49. The van der Waals surface area contributed by atoms with Crippen LogP contribution < -0.4 is 5.32 Å². The van der Waals surface area contributed by atoms with Crippen molar-refractivity contribution in [2.75, 3.05) is 6.54 Å². The SMILES string of the molecule is O=C(NCCCC1CC1)c1cc(F)c([N+](=O)[O-])cc1F. The lowest BCUT2D eigenvalue weighted by Gasteiger charge is -2.06. The molecule has 20 heavy (non-hydrogen) atoms. The Morgan fingerprint density at radius 1 is 1.35 bits per heavy atom. The third-order valence-electron chi connectivity index (χ3n) is 3.25. The fourth-order valence-electron chi connectivity index (χ4n) is 1.94. The summed E-state index contributed by atoms with van der Waals surface area (Å²) in [5.41, 5.74) is -1.49. The lowest BCUT2D eigenvalue weighted by atomic mass is 10.1. The number of rotatable bonds is 6. The second kappa shape index (κ2) is 5.94. The van der Waals surface area contributed by atoms with E-state index in [4.69, 9.17) is 0 Å². The van der Waals surface area contributed by atoms with Crippen molar-refractivity contribution in [2.24, 2.45) is 5.92 Å². The molecule has 1 saturated carbocycles. The highest BCUT2D eigenvalue weighted by atomic mass is 19.1. The van der Waals surface area contributed by atoms with E-state index in [1.165, 1.54) is 12.8 Å². The van der Waals surface area contributed by atoms with Gasteiger partial charge in [-0.15, -0.1) is 0 Å². The Morgan fingerprint density at radius 2 is 2.05 bits per heavy atom. The minimum Gasteiger partial charge on any atom is -0.352 e. The molecule has 0 heterocycles. The van der Waals surface area contributed by atoms with Crippen LogP contribution in [0.1, 0.15) is 36.0 Å². The maximum Gasteiger partial charge on any atom is 0.307 e. The van der Waals surface area contributed by atoms with Crippen LogP contribution in [0.2, 0.25) is 0 Å². The van der Waals surface area contributed by atoms with Gasteiger partial charge in [-0.25, -0.2) is 4.39 Å². The summed E-state index contributed by atoms with van der Waals surface area (Å²) in [6, 6.07) is 0.984. The topological polar surface area (TPSA) is 72.2 Å².